The van der Waals surface area contributed by atoms with Gasteiger partial charge in [0.05, 0.1) is 11.1 Å². The summed E-state index contributed by atoms with van der Waals surface area (Å²) in [5.41, 5.74) is 5.19. The summed E-state index contributed by atoms with van der Waals surface area (Å²) in [7, 11) is 0. The van der Waals surface area contributed by atoms with E-state index in [0.29, 0.717) is 43.0 Å². The van der Waals surface area contributed by atoms with E-state index in [1.54, 1.807) is 12.3 Å². The van der Waals surface area contributed by atoms with Crippen LogP contribution in [0.5, 0.6) is 0 Å². The smallest absolute Gasteiger partial charge is 0.412 e. The lowest BCUT2D eigenvalue weighted by Gasteiger charge is -2.33. The second-order valence-corrected chi connectivity index (χ2v) is 10.4. The van der Waals surface area contributed by atoms with Gasteiger partial charge < -0.3 is 14.6 Å². The minimum Gasteiger partial charge on any atom is -0.481 e. The highest BCUT2D eigenvalue weighted by Gasteiger charge is 2.41. The third-order valence-electron chi connectivity index (χ3n) is 7.88. The molecule has 0 spiro atoms. The first kappa shape index (κ1) is 27.2. The third-order valence-corrected chi connectivity index (χ3v) is 7.88. The largest absolute Gasteiger partial charge is 0.481 e. The number of nitrogens with zero attached hydrogens (tertiary/aromatic N) is 3. The molecule has 2 aromatic heterocycles. The van der Waals surface area contributed by atoms with Gasteiger partial charge >= 0.3 is 12.1 Å². The van der Waals surface area contributed by atoms with E-state index in [4.69, 9.17) is 9.47 Å². The molecule has 0 saturated carbocycles. The minimum absolute atomic E-state index is 0.433. The van der Waals surface area contributed by atoms with Gasteiger partial charge in [0.25, 0.3) is 0 Å². The van der Waals surface area contributed by atoms with E-state index in [1.165, 1.54) is 4.63 Å². The highest BCUT2D eigenvalue weighted by molar-refractivity contribution is 5.97. The van der Waals surface area contributed by atoms with Gasteiger partial charge in [-0.2, -0.15) is 5.10 Å². The van der Waals surface area contributed by atoms with Gasteiger partial charge in [-0.3, -0.25) is 10.1 Å². The van der Waals surface area contributed by atoms with E-state index in [0.717, 1.165) is 27.8 Å². The number of ether oxygens (including phenoxy) is 2. The predicted molar refractivity (Wildman–Crippen MR) is 158 cm³/mol. The van der Waals surface area contributed by atoms with E-state index in [1.807, 2.05) is 91.9 Å². The average Bonchev–Trinajstić information content (AvgIpc) is 3.40. The number of carbonyl (C=O) groups excluding carboxylic acids is 1. The molecule has 1 fully saturated rings. The predicted octanol–water partition coefficient (Wildman–Crippen LogP) is 6.51. The van der Waals surface area contributed by atoms with Gasteiger partial charge in [-0.25, -0.2) is 4.79 Å². The van der Waals surface area contributed by atoms with E-state index in [9.17, 15) is 14.7 Å². The van der Waals surface area contributed by atoms with Crippen molar-refractivity contribution in [1.82, 2.24) is 14.8 Å². The highest BCUT2D eigenvalue weighted by Crippen LogP contribution is 2.37. The molecule has 6 rings (SSSR count). The number of carbonyl (C=O) groups is 2. The number of aliphatic carboxylic acids is 1. The number of benzene rings is 3. The topological polar surface area (TPSA) is 115 Å². The van der Waals surface area contributed by atoms with Crippen molar-refractivity contribution in [3.05, 3.63) is 108 Å². The summed E-state index contributed by atoms with van der Waals surface area (Å²) < 4.78 is 12.5. The Kier molecular flexibility index (Phi) is 7.41. The van der Waals surface area contributed by atoms with Gasteiger partial charge in [0.2, 0.25) is 0 Å². The molecule has 0 bridgehead atoms. The number of amides is 1. The molecule has 3 aromatic carbocycles. The molecule has 2 N–H and O–H groups in total. The molecule has 1 atom stereocenters. The lowest BCUT2D eigenvalue weighted by Crippen LogP contribution is -2.41. The van der Waals surface area contributed by atoms with E-state index < -0.39 is 23.6 Å². The summed E-state index contributed by atoms with van der Waals surface area (Å²) in [6.07, 6.45) is 1.52. The van der Waals surface area contributed by atoms with Crippen LogP contribution in [0.3, 0.4) is 0 Å². The molecule has 0 aliphatic carbocycles. The molecular weight excluding hydrogens is 532 g/mol. The number of fused-ring (bicyclic) bond motifs is 1. The zero-order valence-electron chi connectivity index (χ0n) is 23.1. The summed E-state index contributed by atoms with van der Waals surface area (Å²) in [4.78, 5) is 25.1. The van der Waals surface area contributed by atoms with Crippen LogP contribution in [-0.2, 0) is 19.7 Å². The molecule has 9 nitrogen and oxygen atoms in total. The van der Waals surface area contributed by atoms with Crippen LogP contribution in [0, 0.1) is 0 Å². The normalized spacial score (nSPS) is 15.2. The van der Waals surface area contributed by atoms with Crippen LogP contribution in [-0.4, -0.2) is 45.2 Å². The van der Waals surface area contributed by atoms with Gasteiger partial charge in [-0.1, -0.05) is 78.9 Å². The number of carboxylic acids is 1. The Labute approximate surface area is 242 Å². The summed E-state index contributed by atoms with van der Waals surface area (Å²) >= 11 is 0. The first-order chi connectivity index (χ1) is 20.4. The molecule has 1 saturated heterocycles. The summed E-state index contributed by atoms with van der Waals surface area (Å²) in [6.45, 7) is 2.70. The summed E-state index contributed by atoms with van der Waals surface area (Å²) in [5.74, 6) is -0.812. The van der Waals surface area contributed by atoms with Crippen molar-refractivity contribution in [3.8, 4) is 22.4 Å². The Bertz CT molecular complexity index is 1710. The van der Waals surface area contributed by atoms with Crippen molar-refractivity contribution in [2.24, 2.45) is 0 Å². The molecular formula is C33H30N4O5. The Hall–Kier alpha value is -5.02. The second-order valence-electron chi connectivity index (χ2n) is 10.4. The summed E-state index contributed by atoms with van der Waals surface area (Å²) in [6, 6.07) is 28.7. The lowest BCUT2D eigenvalue weighted by molar-refractivity contribution is -0.147. The van der Waals surface area contributed by atoms with E-state index in [-0.39, 0.29) is 0 Å². The fraction of sp³-hybridized carbons (Fsp3) is 0.212. The average molecular weight is 563 g/mol. The molecule has 1 amide bonds. The first-order valence-corrected chi connectivity index (χ1v) is 13.8. The quantitative estimate of drug-likeness (QED) is 0.232. The maximum atomic E-state index is 12.9. The zero-order chi connectivity index (χ0) is 29.1. The maximum absolute atomic E-state index is 12.9. The van der Waals surface area contributed by atoms with Gasteiger partial charge in [0.15, 0.2) is 0 Å². The van der Waals surface area contributed by atoms with Crippen molar-refractivity contribution < 1.29 is 24.2 Å². The Morgan fingerprint density at radius 2 is 1.55 bits per heavy atom. The van der Waals surface area contributed by atoms with Crippen molar-refractivity contribution in [2.45, 2.75) is 31.3 Å². The monoisotopic (exact) mass is 562 g/mol. The minimum atomic E-state index is -0.915. The molecule has 5 aromatic rings. The van der Waals surface area contributed by atoms with Crippen LogP contribution < -0.4 is 5.32 Å². The van der Waals surface area contributed by atoms with Gasteiger partial charge in [0.1, 0.15) is 17.3 Å². The lowest BCUT2D eigenvalue weighted by atomic mass is 9.74. The molecule has 3 heterocycles. The Morgan fingerprint density at radius 3 is 2.21 bits per heavy atom. The van der Waals surface area contributed by atoms with Crippen LogP contribution in [0.25, 0.3) is 27.9 Å². The van der Waals surface area contributed by atoms with Crippen molar-refractivity contribution in [1.29, 1.82) is 0 Å². The number of nitrogens with one attached hydrogen (secondary N) is 1. The van der Waals surface area contributed by atoms with Crippen LogP contribution >= 0.6 is 0 Å². The van der Waals surface area contributed by atoms with Crippen molar-refractivity contribution in [2.75, 3.05) is 18.5 Å². The third kappa shape index (κ3) is 5.22. The van der Waals surface area contributed by atoms with Gasteiger partial charge in [0, 0.05) is 25.0 Å². The molecule has 0 radical (unpaired) electrons. The number of hydrogen-bond acceptors (Lipinski definition) is 6. The zero-order valence-corrected chi connectivity index (χ0v) is 23.1. The number of hydrogen-bond donors (Lipinski definition) is 2. The second kappa shape index (κ2) is 11.5. The molecule has 42 heavy (non-hydrogen) atoms. The molecule has 0 unspecified atom stereocenters. The highest BCUT2D eigenvalue weighted by atomic mass is 16.6. The standard InChI is InChI=1S/C33H30N4O5/c1-22(23-6-3-2-4-7-23)42-32(40)35-30-28-8-5-19-34-37(28)36-29(30)26-11-9-24(10-12-26)25-13-15-27(16-14-25)33(31(38)39)17-20-41-21-18-33/h2-16,19,22H,17-18,20-21H2,1H3,(H,35,40)(H,38,39)/t22-/m1/s1. The molecule has 1 aliphatic heterocycles. The molecule has 212 valence electrons. The van der Waals surface area contributed by atoms with Crippen LogP contribution in [0.1, 0.15) is 37.0 Å². The SMILES string of the molecule is C[C@@H](OC(=O)Nc1c(-c2ccc(-c3ccc(C4(C(=O)O)CCOCC4)cc3)cc2)nn2ncccc12)c1ccccc1. The number of carboxylic acid groups (broad SMARTS) is 1. The fourth-order valence-electron chi connectivity index (χ4n) is 5.45. The van der Waals surface area contributed by atoms with Crippen LogP contribution in [0.2, 0.25) is 0 Å². The van der Waals surface area contributed by atoms with Crippen LogP contribution in [0.4, 0.5) is 10.5 Å². The number of rotatable bonds is 7. The summed E-state index contributed by atoms with van der Waals surface area (Å²) in [5, 5.41) is 21.8. The number of aromatic nitrogens is 3. The maximum Gasteiger partial charge on any atom is 0.412 e. The van der Waals surface area contributed by atoms with E-state index >= 15 is 0 Å². The Morgan fingerprint density at radius 1 is 0.905 bits per heavy atom. The van der Waals surface area contributed by atoms with Crippen LogP contribution in [0.15, 0.2) is 97.2 Å². The van der Waals surface area contributed by atoms with E-state index in [2.05, 4.69) is 15.5 Å². The van der Waals surface area contributed by atoms with Gasteiger partial charge in [-0.15, -0.1) is 9.73 Å². The number of anilines is 1. The van der Waals surface area contributed by atoms with Crippen molar-refractivity contribution >= 4 is 23.3 Å². The van der Waals surface area contributed by atoms with Crippen molar-refractivity contribution in [3.63, 3.8) is 0 Å². The Balaban J connectivity index is 1.25. The molecule has 1 aliphatic rings. The first-order valence-electron chi connectivity index (χ1n) is 13.8. The fourth-order valence-corrected chi connectivity index (χ4v) is 5.45. The molecule has 9 heteroatoms. The van der Waals surface area contributed by atoms with Gasteiger partial charge in [-0.05, 0) is 54.2 Å².